The van der Waals surface area contributed by atoms with Crippen molar-refractivity contribution in [2.24, 2.45) is 0 Å². The third-order valence-corrected chi connectivity index (χ3v) is 2.94. The number of pyridine rings is 1. The van der Waals surface area contributed by atoms with Gasteiger partial charge in [0.05, 0.1) is 0 Å². The summed E-state index contributed by atoms with van der Waals surface area (Å²) < 4.78 is 0. The van der Waals surface area contributed by atoms with E-state index >= 15 is 0 Å². The molecule has 0 saturated heterocycles. The van der Waals surface area contributed by atoms with Crippen LogP contribution in [0.2, 0.25) is 5.28 Å². The van der Waals surface area contributed by atoms with Crippen LogP contribution in [0.4, 0.5) is 5.82 Å². The second kappa shape index (κ2) is 5.22. The van der Waals surface area contributed by atoms with E-state index in [1.54, 1.807) is 12.3 Å². The van der Waals surface area contributed by atoms with Gasteiger partial charge in [-0.3, -0.25) is 9.78 Å². The first-order chi connectivity index (χ1) is 9.74. The van der Waals surface area contributed by atoms with Gasteiger partial charge in [-0.25, -0.2) is 9.97 Å². The molecule has 2 aromatic heterocycles. The molecule has 0 aliphatic rings. The van der Waals surface area contributed by atoms with Gasteiger partial charge in [0.1, 0.15) is 11.5 Å². The normalized spacial score (nSPS) is 10.4. The minimum Gasteiger partial charge on any atom is -0.305 e. The predicted octanol–water partition coefficient (Wildman–Crippen LogP) is 2.93. The fourth-order valence-electron chi connectivity index (χ4n) is 1.88. The number of halogens is 1. The summed E-state index contributed by atoms with van der Waals surface area (Å²) in [6, 6.07) is 11.0. The zero-order valence-electron chi connectivity index (χ0n) is 10.2. The Morgan fingerprint density at radius 3 is 2.70 bits per heavy atom. The monoisotopic (exact) mass is 284 g/mol. The van der Waals surface area contributed by atoms with Gasteiger partial charge in [-0.1, -0.05) is 24.3 Å². The number of carbonyl (C=O) groups excluding carboxylic acids is 1. The van der Waals surface area contributed by atoms with Crippen molar-refractivity contribution in [2.45, 2.75) is 0 Å². The van der Waals surface area contributed by atoms with Crippen LogP contribution in [0, 0.1) is 0 Å². The molecule has 0 saturated carbocycles. The molecule has 3 rings (SSSR count). The van der Waals surface area contributed by atoms with E-state index in [4.69, 9.17) is 11.6 Å². The molecule has 20 heavy (non-hydrogen) atoms. The van der Waals surface area contributed by atoms with Crippen molar-refractivity contribution < 1.29 is 4.79 Å². The van der Waals surface area contributed by atoms with Crippen molar-refractivity contribution in [2.75, 3.05) is 5.32 Å². The van der Waals surface area contributed by atoms with Crippen LogP contribution in [0.5, 0.6) is 0 Å². The molecule has 0 spiro atoms. The second-order valence-corrected chi connectivity index (χ2v) is 4.38. The Hall–Kier alpha value is -2.53. The average molecular weight is 285 g/mol. The summed E-state index contributed by atoms with van der Waals surface area (Å²) in [6.45, 7) is 0. The highest BCUT2D eigenvalue weighted by Gasteiger charge is 2.12. The van der Waals surface area contributed by atoms with Crippen molar-refractivity contribution in [1.29, 1.82) is 0 Å². The number of benzene rings is 1. The van der Waals surface area contributed by atoms with Gasteiger partial charge in [0.25, 0.3) is 5.91 Å². The van der Waals surface area contributed by atoms with Crippen LogP contribution >= 0.6 is 11.6 Å². The van der Waals surface area contributed by atoms with E-state index in [2.05, 4.69) is 20.3 Å². The molecule has 1 N–H and O–H groups in total. The molecule has 98 valence electrons. The van der Waals surface area contributed by atoms with Crippen molar-refractivity contribution in [3.8, 4) is 0 Å². The zero-order valence-corrected chi connectivity index (χ0v) is 11.0. The van der Waals surface area contributed by atoms with E-state index < -0.39 is 0 Å². The molecule has 0 radical (unpaired) electrons. The molecule has 0 bridgehead atoms. The van der Waals surface area contributed by atoms with Crippen LogP contribution in [-0.4, -0.2) is 20.9 Å². The van der Waals surface area contributed by atoms with E-state index in [1.165, 1.54) is 6.20 Å². The van der Waals surface area contributed by atoms with Gasteiger partial charge in [-0.15, -0.1) is 0 Å². The molecule has 0 fully saturated rings. The standard InChI is InChI=1S/C14H9ClN4O/c15-14-17-8-6-11(19-14)18-13(20)12-10-4-2-1-3-9(10)5-7-16-12/h1-8H,(H,17,18,19,20). The number of hydrogen-bond acceptors (Lipinski definition) is 4. The van der Waals surface area contributed by atoms with E-state index in [0.29, 0.717) is 11.5 Å². The van der Waals surface area contributed by atoms with Gasteiger partial charge in [0, 0.05) is 17.8 Å². The highest BCUT2D eigenvalue weighted by atomic mass is 35.5. The maximum Gasteiger partial charge on any atom is 0.276 e. The zero-order chi connectivity index (χ0) is 13.9. The number of nitrogens with zero attached hydrogens (tertiary/aromatic N) is 3. The first-order valence-corrected chi connectivity index (χ1v) is 6.25. The fraction of sp³-hybridized carbons (Fsp3) is 0. The van der Waals surface area contributed by atoms with Crippen molar-refractivity contribution in [3.05, 3.63) is 59.8 Å². The number of anilines is 1. The summed E-state index contributed by atoms with van der Waals surface area (Å²) in [5, 5.41) is 4.47. The second-order valence-electron chi connectivity index (χ2n) is 4.05. The minimum absolute atomic E-state index is 0.0775. The van der Waals surface area contributed by atoms with E-state index in [-0.39, 0.29) is 11.2 Å². The van der Waals surface area contributed by atoms with Crippen molar-refractivity contribution >= 4 is 34.1 Å². The number of rotatable bonds is 2. The number of amides is 1. The van der Waals surface area contributed by atoms with Crippen molar-refractivity contribution in [1.82, 2.24) is 15.0 Å². The van der Waals surface area contributed by atoms with Crippen LogP contribution in [0.3, 0.4) is 0 Å². The van der Waals surface area contributed by atoms with Crippen LogP contribution in [0.25, 0.3) is 10.8 Å². The molecule has 5 nitrogen and oxygen atoms in total. The van der Waals surface area contributed by atoms with Gasteiger partial charge < -0.3 is 5.32 Å². The lowest BCUT2D eigenvalue weighted by molar-refractivity contribution is 0.102. The maximum atomic E-state index is 12.3. The Balaban J connectivity index is 1.97. The molecule has 0 aliphatic carbocycles. The van der Waals surface area contributed by atoms with Gasteiger partial charge in [0.15, 0.2) is 0 Å². The van der Waals surface area contributed by atoms with Gasteiger partial charge >= 0.3 is 0 Å². The summed E-state index contributed by atoms with van der Waals surface area (Å²) in [4.78, 5) is 24.1. The lowest BCUT2D eigenvalue weighted by Gasteiger charge is -2.06. The van der Waals surface area contributed by atoms with Crippen LogP contribution in [0.1, 0.15) is 10.5 Å². The van der Waals surface area contributed by atoms with Gasteiger partial charge in [-0.05, 0) is 29.1 Å². The predicted molar refractivity (Wildman–Crippen MR) is 76.7 cm³/mol. The smallest absolute Gasteiger partial charge is 0.276 e. The maximum absolute atomic E-state index is 12.3. The highest BCUT2D eigenvalue weighted by Crippen LogP contribution is 2.17. The number of hydrogen-bond donors (Lipinski definition) is 1. The van der Waals surface area contributed by atoms with E-state index in [9.17, 15) is 4.79 Å². The average Bonchev–Trinajstić information content (AvgIpc) is 2.46. The molecule has 2 heterocycles. The van der Waals surface area contributed by atoms with Crippen LogP contribution in [0.15, 0.2) is 48.8 Å². The molecular weight excluding hydrogens is 276 g/mol. The van der Waals surface area contributed by atoms with Crippen LogP contribution < -0.4 is 5.32 Å². The SMILES string of the molecule is O=C(Nc1ccnc(Cl)n1)c1nccc2ccccc12. The third-order valence-electron chi connectivity index (χ3n) is 2.76. The van der Waals surface area contributed by atoms with Gasteiger partial charge in [-0.2, -0.15) is 0 Å². The molecule has 0 aliphatic heterocycles. The number of carbonyl (C=O) groups is 1. The minimum atomic E-state index is -0.337. The first-order valence-electron chi connectivity index (χ1n) is 5.88. The molecule has 1 amide bonds. The molecule has 1 aromatic carbocycles. The molecule has 3 aromatic rings. The first kappa shape index (κ1) is 12.5. The Morgan fingerprint density at radius 2 is 1.85 bits per heavy atom. The summed E-state index contributed by atoms with van der Waals surface area (Å²) in [7, 11) is 0. The number of fused-ring (bicyclic) bond motifs is 1. The fourth-order valence-corrected chi connectivity index (χ4v) is 2.03. The van der Waals surface area contributed by atoms with E-state index in [0.717, 1.165) is 10.8 Å². The molecular formula is C14H9ClN4O. The van der Waals surface area contributed by atoms with E-state index in [1.807, 2.05) is 30.3 Å². The molecule has 0 unspecified atom stereocenters. The quantitative estimate of drug-likeness (QED) is 0.735. The highest BCUT2D eigenvalue weighted by molar-refractivity contribution is 6.28. The lowest BCUT2D eigenvalue weighted by atomic mass is 10.1. The Morgan fingerprint density at radius 1 is 1.05 bits per heavy atom. The topological polar surface area (TPSA) is 67.8 Å². The lowest BCUT2D eigenvalue weighted by Crippen LogP contribution is -2.15. The number of nitrogens with one attached hydrogen (secondary N) is 1. The van der Waals surface area contributed by atoms with Crippen molar-refractivity contribution in [3.63, 3.8) is 0 Å². The Kier molecular flexibility index (Phi) is 3.26. The number of aromatic nitrogens is 3. The Bertz CT molecular complexity index is 785. The third kappa shape index (κ3) is 2.44. The summed E-state index contributed by atoms with van der Waals surface area (Å²) in [5.74, 6) is 0.00120. The van der Waals surface area contributed by atoms with Crippen LogP contribution in [-0.2, 0) is 0 Å². The summed E-state index contributed by atoms with van der Waals surface area (Å²) in [6.07, 6.45) is 3.08. The largest absolute Gasteiger partial charge is 0.305 e. The molecule has 0 atom stereocenters. The van der Waals surface area contributed by atoms with Gasteiger partial charge in [0.2, 0.25) is 5.28 Å². The summed E-state index contributed by atoms with van der Waals surface area (Å²) in [5.41, 5.74) is 0.345. The molecule has 6 heteroatoms. The Labute approximate surface area is 119 Å². The summed E-state index contributed by atoms with van der Waals surface area (Å²) >= 11 is 5.68.